The van der Waals surface area contributed by atoms with Crippen LogP contribution < -0.4 is 5.56 Å². The number of hydrogen-bond donors (Lipinski definition) is 0. The minimum absolute atomic E-state index is 0.0377. The van der Waals surface area contributed by atoms with Crippen LogP contribution in [0.15, 0.2) is 52.3 Å². The first-order valence-electron chi connectivity index (χ1n) is 13.2. The van der Waals surface area contributed by atoms with Crippen molar-refractivity contribution in [1.82, 2.24) is 19.1 Å². The second-order valence-electron chi connectivity index (χ2n) is 9.56. The van der Waals surface area contributed by atoms with Crippen molar-refractivity contribution in [3.63, 3.8) is 0 Å². The summed E-state index contributed by atoms with van der Waals surface area (Å²) in [5, 5.41) is 0. The van der Waals surface area contributed by atoms with E-state index in [1.165, 1.54) is 18.4 Å². The molecule has 5 nitrogen and oxygen atoms in total. The Hall–Kier alpha value is -3.07. The molecule has 2 aliphatic carbocycles. The van der Waals surface area contributed by atoms with Crippen molar-refractivity contribution in [1.29, 1.82) is 0 Å². The number of alkyl halides is 3. The molecule has 2 aliphatic rings. The topological polar surface area (TPSA) is 52.7 Å². The molecule has 0 N–H and O–H groups in total. The third-order valence-corrected chi connectivity index (χ3v) is 7.85. The van der Waals surface area contributed by atoms with Crippen LogP contribution >= 0.6 is 11.8 Å². The van der Waals surface area contributed by atoms with Gasteiger partial charge in [-0.25, -0.2) is 4.98 Å². The highest BCUT2D eigenvalue weighted by Gasteiger charge is 2.40. The van der Waals surface area contributed by atoms with Crippen molar-refractivity contribution >= 4 is 22.8 Å². The molecule has 0 spiro atoms. The summed E-state index contributed by atoms with van der Waals surface area (Å²) >= 11 is 1.59. The maximum atomic E-state index is 13.8. The van der Waals surface area contributed by atoms with E-state index in [1.807, 2.05) is 26.8 Å². The first-order valence-corrected chi connectivity index (χ1v) is 14.2. The summed E-state index contributed by atoms with van der Waals surface area (Å²) in [6.45, 7) is 6.03. The number of imidazole rings is 1. The molecular weight excluding hydrogens is 509 g/mol. The summed E-state index contributed by atoms with van der Waals surface area (Å²) in [7, 11) is 1.67. The van der Waals surface area contributed by atoms with Gasteiger partial charge in [0.2, 0.25) is 0 Å². The van der Waals surface area contributed by atoms with Crippen LogP contribution in [0.25, 0.3) is 33.7 Å². The van der Waals surface area contributed by atoms with Gasteiger partial charge < -0.3 is 4.57 Å². The zero-order valence-corrected chi connectivity index (χ0v) is 22.8. The van der Waals surface area contributed by atoms with Gasteiger partial charge in [-0.1, -0.05) is 45.0 Å². The molecule has 3 heterocycles. The molecule has 0 radical (unpaired) electrons. The molecule has 6 rings (SSSR count). The minimum atomic E-state index is -4.63. The van der Waals surface area contributed by atoms with Crippen LogP contribution in [0.2, 0.25) is 0 Å². The monoisotopic (exact) mass is 540 g/mol. The summed E-state index contributed by atoms with van der Waals surface area (Å²) in [5.41, 5.74) is 2.56. The maximum absolute atomic E-state index is 13.8. The number of hydrogen-bond acceptors (Lipinski definition) is 4. The van der Waals surface area contributed by atoms with E-state index in [2.05, 4.69) is 29.2 Å². The molecule has 3 aromatic heterocycles. The molecule has 4 aromatic rings. The van der Waals surface area contributed by atoms with Gasteiger partial charge in [-0.2, -0.15) is 13.2 Å². The predicted molar refractivity (Wildman–Crippen MR) is 147 cm³/mol. The van der Waals surface area contributed by atoms with Crippen molar-refractivity contribution in [3.05, 3.63) is 64.2 Å². The summed E-state index contributed by atoms with van der Waals surface area (Å²) in [6.07, 6.45) is 0.778. The number of aromatic nitrogens is 4. The normalized spacial score (nSPS) is 15.4. The number of thioether (sulfide) groups is 1. The quantitative estimate of drug-likeness (QED) is 0.234. The number of benzene rings is 1. The van der Waals surface area contributed by atoms with Crippen LogP contribution in [0.5, 0.6) is 0 Å². The molecule has 9 heteroatoms. The van der Waals surface area contributed by atoms with Gasteiger partial charge >= 0.3 is 6.18 Å². The third-order valence-electron chi connectivity index (χ3n) is 6.94. The van der Waals surface area contributed by atoms with Crippen LogP contribution in [0.1, 0.15) is 69.7 Å². The molecule has 0 atom stereocenters. The predicted octanol–water partition coefficient (Wildman–Crippen LogP) is 7.83. The Bertz CT molecular complexity index is 1530. The van der Waals surface area contributed by atoms with Crippen molar-refractivity contribution in [2.75, 3.05) is 5.75 Å². The molecule has 0 aliphatic heterocycles. The lowest BCUT2D eigenvalue weighted by molar-refractivity contribution is -0.144. The Morgan fingerprint density at radius 3 is 2.29 bits per heavy atom. The van der Waals surface area contributed by atoms with Crippen LogP contribution in [0, 0.1) is 0 Å². The van der Waals surface area contributed by atoms with Crippen LogP contribution in [-0.2, 0) is 13.2 Å². The minimum Gasteiger partial charge on any atom is -0.321 e. The molecule has 0 saturated heterocycles. The maximum Gasteiger partial charge on any atom is 0.431 e. The number of nitrogens with zero attached hydrogens (tertiary/aromatic N) is 4. The standard InChI is InChI=1S/C27H25F3N4OS.C2H6/c1-3-36-21-12-18(17-8-6-16(7-9-17)15-4-5-15)14-31-23(21)25-32-20-13-22(27(28,29)30)34(19-10-11-19)26(35)24(20)33(25)2;1-2/h6-9,12-15,19H,3-5,10-11H2,1-2H3;1-2H3. The molecule has 0 amide bonds. The fourth-order valence-corrected chi connectivity index (χ4v) is 5.62. The fraction of sp³-hybridized carbons (Fsp3) is 0.414. The van der Waals surface area contributed by atoms with Gasteiger partial charge in [0.1, 0.15) is 16.9 Å². The fourth-order valence-electron chi connectivity index (χ4n) is 4.82. The number of pyridine rings is 2. The smallest absolute Gasteiger partial charge is 0.321 e. The average Bonchev–Trinajstić information content (AvgIpc) is 3.83. The van der Waals surface area contributed by atoms with E-state index >= 15 is 0 Å². The van der Waals surface area contributed by atoms with E-state index in [9.17, 15) is 18.0 Å². The first kappa shape index (κ1) is 26.5. The second kappa shape index (κ2) is 10.2. The number of fused-ring (bicyclic) bond motifs is 1. The first-order chi connectivity index (χ1) is 18.3. The molecule has 38 heavy (non-hydrogen) atoms. The summed E-state index contributed by atoms with van der Waals surface area (Å²) < 4.78 is 43.9. The molecule has 1 aromatic carbocycles. The van der Waals surface area contributed by atoms with Gasteiger partial charge in [-0.15, -0.1) is 11.8 Å². The lowest BCUT2D eigenvalue weighted by Gasteiger charge is -2.15. The Kier molecular flexibility index (Phi) is 7.15. The number of rotatable bonds is 6. The molecule has 0 unspecified atom stereocenters. The molecule has 200 valence electrons. The van der Waals surface area contributed by atoms with Crippen molar-refractivity contribution in [3.8, 4) is 22.6 Å². The highest BCUT2D eigenvalue weighted by Crippen LogP contribution is 2.42. The van der Waals surface area contributed by atoms with E-state index in [0.29, 0.717) is 30.3 Å². The molecular formula is C29H31F3N4OS. The lowest BCUT2D eigenvalue weighted by atomic mass is 10.0. The van der Waals surface area contributed by atoms with E-state index < -0.39 is 23.5 Å². The van der Waals surface area contributed by atoms with Crippen molar-refractivity contribution in [2.24, 2.45) is 7.05 Å². The highest BCUT2D eigenvalue weighted by atomic mass is 32.2. The second-order valence-corrected chi connectivity index (χ2v) is 10.9. The zero-order valence-electron chi connectivity index (χ0n) is 22.0. The van der Waals surface area contributed by atoms with E-state index in [4.69, 9.17) is 4.98 Å². The molecule has 0 bridgehead atoms. The average molecular weight is 541 g/mol. The van der Waals surface area contributed by atoms with Gasteiger partial charge in [0.05, 0.1) is 5.52 Å². The third kappa shape index (κ3) is 4.88. The van der Waals surface area contributed by atoms with Crippen LogP contribution in [0.3, 0.4) is 0 Å². The largest absolute Gasteiger partial charge is 0.431 e. The van der Waals surface area contributed by atoms with Gasteiger partial charge in [0.15, 0.2) is 5.82 Å². The SMILES string of the molecule is CC.CCSc1cc(-c2ccc(C3CC3)cc2)cnc1-c1nc2cc(C(F)(F)F)n(C3CC3)c(=O)c2n1C. The van der Waals surface area contributed by atoms with Crippen LogP contribution in [-0.4, -0.2) is 24.9 Å². The summed E-state index contributed by atoms with van der Waals surface area (Å²) in [6, 6.07) is 11.2. The van der Waals surface area contributed by atoms with Crippen molar-refractivity contribution in [2.45, 2.75) is 69.5 Å². The summed E-state index contributed by atoms with van der Waals surface area (Å²) in [4.78, 5) is 23.3. The van der Waals surface area contributed by atoms with E-state index in [-0.39, 0.29) is 11.0 Å². The van der Waals surface area contributed by atoms with Gasteiger partial charge in [0, 0.05) is 29.7 Å². The van der Waals surface area contributed by atoms with Gasteiger partial charge in [-0.05, 0) is 60.6 Å². The molecule has 2 saturated carbocycles. The number of aryl methyl sites for hydroxylation is 1. The van der Waals surface area contributed by atoms with Gasteiger partial charge in [0.25, 0.3) is 5.56 Å². The highest BCUT2D eigenvalue weighted by molar-refractivity contribution is 7.99. The van der Waals surface area contributed by atoms with Gasteiger partial charge in [-0.3, -0.25) is 14.3 Å². The Morgan fingerprint density at radius 1 is 1.03 bits per heavy atom. The molecule has 2 fully saturated rings. The number of halogens is 3. The Labute approximate surface area is 224 Å². The van der Waals surface area contributed by atoms with Crippen LogP contribution in [0.4, 0.5) is 13.2 Å². The Morgan fingerprint density at radius 2 is 1.71 bits per heavy atom. The Balaban J connectivity index is 0.00000144. The van der Waals surface area contributed by atoms with E-state index in [1.54, 1.807) is 29.6 Å². The summed E-state index contributed by atoms with van der Waals surface area (Å²) in [5.74, 6) is 1.86. The lowest BCUT2D eigenvalue weighted by Crippen LogP contribution is -2.28. The zero-order chi connectivity index (χ0) is 27.2. The van der Waals surface area contributed by atoms with E-state index in [0.717, 1.165) is 32.4 Å². The van der Waals surface area contributed by atoms with Crippen molar-refractivity contribution < 1.29 is 13.2 Å².